The number of Topliss-reactive ketones (excluding diaryl/α,β-unsaturated/α-hetero) is 1. The van der Waals surface area contributed by atoms with Crippen LogP contribution in [-0.4, -0.2) is 365 Å². The fraction of sp³-hybridized carbons (Fsp3) is 0.817. The molecule has 0 radical (unpaired) electrons. The van der Waals surface area contributed by atoms with Crippen LogP contribution in [0.2, 0.25) is 0 Å². The van der Waals surface area contributed by atoms with Gasteiger partial charge in [-0.2, -0.15) is 0 Å². The Bertz CT molecular complexity index is 2930. The third kappa shape index (κ3) is 20.3. The number of nitrogens with zero attached hydrogens (tertiary/aromatic N) is 2. The summed E-state index contributed by atoms with van der Waals surface area (Å²) in [7, 11) is 1.43. The number of likely N-dealkylation sites (N-methyl/N-ethyl adjacent to an activating group) is 1. The first kappa shape index (κ1) is 84.5. The first-order valence-corrected chi connectivity index (χ1v) is 33.1. The molecule has 580 valence electrons. The molecule has 0 aromatic heterocycles. The number of carboxylic acids is 1. The van der Waals surface area contributed by atoms with Gasteiger partial charge in [0.15, 0.2) is 18.9 Å². The molecule has 6 rings (SSSR count). The van der Waals surface area contributed by atoms with E-state index in [1.165, 1.54) is 30.7 Å². The van der Waals surface area contributed by atoms with Gasteiger partial charge in [-0.1, -0.05) is 0 Å². The van der Waals surface area contributed by atoms with Gasteiger partial charge in [0.25, 0.3) is 5.79 Å². The number of aliphatic hydroxyl groups is 12. The number of carboxylic acid groups (broad SMARTS) is 1. The molecule has 102 heavy (non-hydrogen) atoms. The van der Waals surface area contributed by atoms with Crippen molar-refractivity contribution in [2.45, 2.75) is 245 Å². The number of aliphatic hydroxyl groups excluding tert-OH is 12. The number of hydrogen-bond acceptors (Lipinski definition) is 32. The number of amides is 9. The maximum Gasteiger partial charge on any atom is 0.364 e. The lowest BCUT2D eigenvalue weighted by Crippen LogP contribution is -2.71. The van der Waals surface area contributed by atoms with E-state index < -0.39 is 281 Å². The van der Waals surface area contributed by atoms with Crippen molar-refractivity contribution in [1.82, 2.24) is 47.0 Å². The zero-order chi connectivity index (χ0) is 76.1. The van der Waals surface area contributed by atoms with Crippen LogP contribution in [0.25, 0.3) is 0 Å². The molecule has 0 saturated carbocycles. The number of rotatable bonds is 33. The van der Waals surface area contributed by atoms with E-state index in [0.29, 0.717) is 6.42 Å². The molecule has 14 unspecified atom stereocenters. The molecule has 6 aliphatic heterocycles. The first-order chi connectivity index (χ1) is 48.0. The molecular weight excluding hydrogens is 1370 g/mol. The second-order valence-corrected chi connectivity index (χ2v) is 26.0. The molecule has 6 fully saturated rings. The van der Waals surface area contributed by atoms with Crippen LogP contribution < -0.4 is 43.0 Å². The minimum Gasteiger partial charge on any atom is -0.477 e. The van der Waals surface area contributed by atoms with E-state index in [2.05, 4.69) is 37.2 Å². The number of primary amides is 1. The van der Waals surface area contributed by atoms with Crippen molar-refractivity contribution in [3.05, 3.63) is 0 Å². The van der Waals surface area contributed by atoms with E-state index in [1.807, 2.05) is 0 Å². The summed E-state index contributed by atoms with van der Waals surface area (Å²) in [5.74, 6) is -15.6. The zero-order valence-electron chi connectivity index (χ0n) is 57.0. The smallest absolute Gasteiger partial charge is 0.364 e. The van der Waals surface area contributed by atoms with E-state index in [9.17, 15) is 119 Å². The van der Waals surface area contributed by atoms with Crippen LogP contribution >= 0.6 is 0 Å². The van der Waals surface area contributed by atoms with Gasteiger partial charge in [-0.05, 0) is 53.5 Å². The Morgan fingerprint density at radius 2 is 1.21 bits per heavy atom. The van der Waals surface area contributed by atoms with Crippen molar-refractivity contribution < 1.29 is 157 Å². The summed E-state index contributed by atoms with van der Waals surface area (Å²) in [5.41, 5.74) is 5.35. The highest BCUT2D eigenvalue weighted by molar-refractivity contribution is 5.97. The molecule has 0 bridgehead atoms. The molecule has 22 N–H and O–H groups in total. The summed E-state index contributed by atoms with van der Waals surface area (Å²) in [6, 6.07) is -12.3. The minimum atomic E-state index is -3.31. The second-order valence-electron chi connectivity index (χ2n) is 26.0. The van der Waals surface area contributed by atoms with E-state index in [4.69, 9.17) is 43.6 Å². The van der Waals surface area contributed by atoms with Gasteiger partial charge in [0.1, 0.15) is 127 Å². The lowest BCUT2D eigenvalue weighted by molar-refractivity contribution is -0.382. The Morgan fingerprint density at radius 1 is 0.637 bits per heavy atom. The van der Waals surface area contributed by atoms with Crippen molar-refractivity contribution in [2.24, 2.45) is 11.7 Å². The van der Waals surface area contributed by atoms with Crippen LogP contribution in [0.3, 0.4) is 0 Å². The predicted molar refractivity (Wildman–Crippen MR) is 334 cm³/mol. The Balaban J connectivity index is 1.40. The summed E-state index contributed by atoms with van der Waals surface area (Å²) >= 11 is 0. The molecule has 28 atom stereocenters. The third-order valence-corrected chi connectivity index (χ3v) is 18.4. The quantitative estimate of drug-likeness (QED) is 0.0290. The number of ether oxygens (including phenoxy) is 8. The van der Waals surface area contributed by atoms with Gasteiger partial charge >= 0.3 is 5.97 Å². The lowest BCUT2D eigenvalue weighted by Gasteiger charge is -2.51. The van der Waals surface area contributed by atoms with Crippen molar-refractivity contribution in [1.29, 1.82) is 0 Å². The summed E-state index contributed by atoms with van der Waals surface area (Å²) < 4.78 is 48.0. The van der Waals surface area contributed by atoms with Crippen LogP contribution in [-0.2, 0) is 90.6 Å². The molecule has 42 nitrogen and oxygen atoms in total. The highest BCUT2D eigenvalue weighted by Gasteiger charge is 2.61. The summed E-state index contributed by atoms with van der Waals surface area (Å²) in [5, 5.41) is 160. The predicted octanol–water partition coefficient (Wildman–Crippen LogP) is -13.0. The van der Waals surface area contributed by atoms with E-state index in [1.54, 1.807) is 0 Å². The SMILES string of the molecule is CNCC(=O)CC(CO)C(=O)NC(C(=O)NC(C)C(=O)N1CCCC1C(=O)N1CCCC1C(=O)NC(C)C(N)=O)C(C)O[C@@H]1OC(CO[C@@H]2OC(CO)[C@H](O)[C@H](O)C2NC(C)=O)[C@H](O)[C@H](O[C@@H]2OC(CO)[C@H](O)[C@H](O[C@]3(C(=O)O)C[C@H](O)[C@@H](NC(C)=O)C([C@H](O)[C@H](O)CO)O3)C2O)C1NC(C)=O. The van der Waals surface area contributed by atoms with Crippen LogP contribution in [0.1, 0.15) is 80.1 Å². The van der Waals surface area contributed by atoms with Gasteiger partial charge < -0.3 is 157 Å². The fourth-order valence-electron chi connectivity index (χ4n) is 13.0. The minimum absolute atomic E-state index is 0.0173. The highest BCUT2D eigenvalue weighted by atomic mass is 16.8. The molecule has 0 aromatic rings. The van der Waals surface area contributed by atoms with Gasteiger partial charge in [0.05, 0.1) is 63.7 Å². The average molecular weight is 1470 g/mol. The van der Waals surface area contributed by atoms with Gasteiger partial charge in [-0.15, -0.1) is 0 Å². The standard InChI is InChI=1S/C60H98N10O32/c1-22(50(61)87)63-52(89)30-10-8-12-69(30)55(92)31-11-9-13-70(31)54(91)23(2)64-53(90)37(68-51(88)28(17-71)14-29(78)16-62-7)24(3)96-57-40(67-27(6)77)47(44(84)36(99-57)21-95-56-39(66-26(5)76)45(85)42(82)34(19-73)97-56)100-58-46(86)49(43(83)35(20-74)98-58)102-60(59(93)94)15-32(79)38(65-25(4)75)48(101-60)41(81)33(80)18-72/h22-24,28,30-49,56-58,62,71-74,79-86H,8-21H2,1-7H3,(H2,61,87)(H,63,89)(H,64,90)(H,65,75)(H,66,76)(H,67,77)(H,68,88)(H,93,94)/t22?,23?,24?,28?,30?,31?,32-,33+,34?,35?,36?,37?,38+,39?,40?,41+,42-,43-,44-,45+,46?,47+,48?,49-,56+,57+,58-,60-/m0/s1. The molecule has 0 spiro atoms. The van der Waals surface area contributed by atoms with Crippen molar-refractivity contribution in [3.8, 4) is 0 Å². The maximum absolute atomic E-state index is 15.0. The van der Waals surface area contributed by atoms with Gasteiger partial charge in [0, 0.05) is 46.7 Å². The fourth-order valence-corrected chi connectivity index (χ4v) is 13.0. The molecule has 6 heterocycles. The number of carbonyl (C=O) groups excluding carboxylic acids is 10. The Kier molecular flexibility index (Phi) is 31.0. The largest absolute Gasteiger partial charge is 0.477 e. The summed E-state index contributed by atoms with van der Waals surface area (Å²) in [4.78, 5) is 150. The third-order valence-electron chi connectivity index (χ3n) is 18.4. The number of aliphatic carboxylic acids is 1. The van der Waals surface area contributed by atoms with Crippen molar-refractivity contribution in [3.63, 3.8) is 0 Å². The number of nitrogens with one attached hydrogen (secondary N) is 7. The van der Waals surface area contributed by atoms with Gasteiger partial charge in [-0.25, -0.2) is 4.79 Å². The molecule has 6 aliphatic rings. The number of likely N-dealkylation sites (tertiary alicyclic amines) is 2. The average Bonchev–Trinajstić information content (AvgIpc) is 0.961. The molecule has 9 amide bonds. The van der Waals surface area contributed by atoms with E-state index >= 15 is 0 Å². The second kappa shape index (κ2) is 37.5. The van der Waals surface area contributed by atoms with Crippen LogP contribution in [0.4, 0.5) is 0 Å². The normalized spacial score (nSPS) is 34.7. The first-order valence-electron chi connectivity index (χ1n) is 33.1. The van der Waals surface area contributed by atoms with E-state index in [0.717, 1.165) is 27.7 Å². The molecule has 42 heteroatoms. The molecule has 0 aliphatic carbocycles. The number of ketones is 1. The molecular formula is C60H98N10O32. The Labute approximate surface area is 583 Å². The highest BCUT2D eigenvalue weighted by Crippen LogP contribution is 2.39. The molecule has 0 aromatic carbocycles. The topological polar surface area (TPSA) is 641 Å². The number of hydrogen-bond donors (Lipinski definition) is 21. The van der Waals surface area contributed by atoms with Gasteiger partial charge in [-0.3, -0.25) is 47.9 Å². The zero-order valence-corrected chi connectivity index (χ0v) is 57.0. The van der Waals surface area contributed by atoms with E-state index in [-0.39, 0.29) is 38.9 Å². The monoisotopic (exact) mass is 1470 g/mol. The Morgan fingerprint density at radius 3 is 1.78 bits per heavy atom. The number of nitrogens with two attached hydrogens (primary N) is 1. The lowest BCUT2D eigenvalue weighted by atomic mass is 9.88. The Hall–Kier alpha value is -6.47. The molecule has 6 saturated heterocycles. The maximum atomic E-state index is 15.0. The number of carbonyl (C=O) groups is 11. The summed E-state index contributed by atoms with van der Waals surface area (Å²) in [6.07, 6.45) is -38.9. The summed E-state index contributed by atoms with van der Waals surface area (Å²) in [6.45, 7) is 1.14. The van der Waals surface area contributed by atoms with Crippen LogP contribution in [0, 0.1) is 5.92 Å². The van der Waals surface area contributed by atoms with Gasteiger partial charge in [0.2, 0.25) is 53.2 Å². The van der Waals surface area contributed by atoms with Crippen molar-refractivity contribution in [2.75, 3.05) is 59.7 Å². The van der Waals surface area contributed by atoms with Crippen molar-refractivity contribution >= 4 is 64.9 Å². The van der Waals surface area contributed by atoms with Crippen LogP contribution in [0.5, 0.6) is 0 Å². The van der Waals surface area contributed by atoms with Crippen LogP contribution in [0.15, 0.2) is 0 Å².